The molecule has 20 heavy (non-hydrogen) atoms. The summed E-state index contributed by atoms with van der Waals surface area (Å²) in [7, 11) is 3.37. The number of hydrogen-bond donors (Lipinski definition) is 2. The SMILES string of the molecule is COc1cccc(N(C)c2cc(N)ccc2C(=O)O)c1. The lowest BCUT2D eigenvalue weighted by atomic mass is 10.1. The number of nitrogen functional groups attached to an aromatic ring is 1. The number of ether oxygens (including phenoxy) is 1. The van der Waals surface area contributed by atoms with Gasteiger partial charge in [0, 0.05) is 24.5 Å². The fourth-order valence-electron chi connectivity index (χ4n) is 1.97. The van der Waals surface area contributed by atoms with Gasteiger partial charge in [0.1, 0.15) is 5.75 Å². The summed E-state index contributed by atoms with van der Waals surface area (Å²) >= 11 is 0. The molecule has 0 aromatic heterocycles. The molecule has 0 heterocycles. The second kappa shape index (κ2) is 5.52. The summed E-state index contributed by atoms with van der Waals surface area (Å²) in [5.74, 6) is -0.287. The van der Waals surface area contributed by atoms with Crippen LogP contribution in [0.2, 0.25) is 0 Å². The maximum absolute atomic E-state index is 11.3. The number of methoxy groups -OCH3 is 1. The minimum absolute atomic E-state index is 0.199. The fraction of sp³-hybridized carbons (Fsp3) is 0.133. The molecule has 0 fully saturated rings. The van der Waals surface area contributed by atoms with Gasteiger partial charge in [-0.25, -0.2) is 4.79 Å². The molecule has 104 valence electrons. The van der Waals surface area contributed by atoms with Gasteiger partial charge in [-0.1, -0.05) is 6.07 Å². The maximum Gasteiger partial charge on any atom is 0.337 e. The second-order valence-corrected chi connectivity index (χ2v) is 4.34. The highest BCUT2D eigenvalue weighted by atomic mass is 16.5. The van der Waals surface area contributed by atoms with Gasteiger partial charge in [0.25, 0.3) is 0 Å². The predicted molar refractivity (Wildman–Crippen MR) is 78.9 cm³/mol. The Morgan fingerprint density at radius 3 is 2.65 bits per heavy atom. The first-order chi connectivity index (χ1) is 9.52. The Bertz CT molecular complexity index is 641. The van der Waals surface area contributed by atoms with Gasteiger partial charge in [-0.2, -0.15) is 0 Å². The van der Waals surface area contributed by atoms with Crippen LogP contribution in [0, 0.1) is 0 Å². The number of carboxylic acid groups (broad SMARTS) is 1. The third kappa shape index (κ3) is 2.66. The third-order valence-electron chi connectivity index (χ3n) is 3.05. The molecule has 0 unspecified atom stereocenters. The van der Waals surface area contributed by atoms with E-state index in [-0.39, 0.29) is 5.56 Å². The fourth-order valence-corrected chi connectivity index (χ4v) is 1.97. The summed E-state index contributed by atoms with van der Waals surface area (Å²) in [6.07, 6.45) is 0. The number of carbonyl (C=O) groups is 1. The molecule has 0 bridgehead atoms. The highest BCUT2D eigenvalue weighted by Gasteiger charge is 2.15. The number of anilines is 3. The third-order valence-corrected chi connectivity index (χ3v) is 3.05. The number of carboxylic acids is 1. The zero-order valence-electron chi connectivity index (χ0n) is 11.3. The van der Waals surface area contributed by atoms with Gasteiger partial charge < -0.3 is 20.5 Å². The predicted octanol–water partition coefficient (Wildman–Crippen LogP) is 2.74. The largest absolute Gasteiger partial charge is 0.497 e. The Balaban J connectivity index is 2.49. The molecule has 0 aliphatic rings. The number of benzene rings is 2. The molecule has 2 aromatic carbocycles. The topological polar surface area (TPSA) is 75.8 Å². The van der Waals surface area contributed by atoms with Crippen LogP contribution in [0.15, 0.2) is 42.5 Å². The van der Waals surface area contributed by atoms with Crippen molar-refractivity contribution < 1.29 is 14.6 Å². The van der Waals surface area contributed by atoms with E-state index in [1.165, 1.54) is 6.07 Å². The molecular weight excluding hydrogens is 256 g/mol. The van der Waals surface area contributed by atoms with E-state index in [1.54, 1.807) is 31.2 Å². The molecule has 0 saturated carbocycles. The summed E-state index contributed by atoms with van der Waals surface area (Å²) in [6.45, 7) is 0. The molecule has 0 amide bonds. The van der Waals surface area contributed by atoms with Crippen LogP contribution in [0.5, 0.6) is 5.75 Å². The lowest BCUT2D eigenvalue weighted by Crippen LogP contribution is -2.14. The van der Waals surface area contributed by atoms with Crippen LogP contribution in [-0.4, -0.2) is 25.2 Å². The Hall–Kier alpha value is -2.69. The van der Waals surface area contributed by atoms with Gasteiger partial charge in [0.2, 0.25) is 0 Å². The first-order valence-electron chi connectivity index (χ1n) is 6.03. The Kier molecular flexibility index (Phi) is 3.79. The second-order valence-electron chi connectivity index (χ2n) is 4.34. The normalized spacial score (nSPS) is 10.1. The van der Waals surface area contributed by atoms with Crippen molar-refractivity contribution in [3.05, 3.63) is 48.0 Å². The molecule has 0 saturated heterocycles. The molecule has 0 spiro atoms. The van der Waals surface area contributed by atoms with E-state index in [1.807, 2.05) is 24.3 Å². The van der Waals surface area contributed by atoms with Crippen LogP contribution in [0.1, 0.15) is 10.4 Å². The number of rotatable bonds is 4. The number of hydrogen-bond acceptors (Lipinski definition) is 4. The van der Waals surface area contributed by atoms with Crippen molar-refractivity contribution in [3.8, 4) is 5.75 Å². The van der Waals surface area contributed by atoms with E-state index in [2.05, 4.69) is 0 Å². The summed E-state index contributed by atoms with van der Waals surface area (Å²) < 4.78 is 5.17. The smallest absolute Gasteiger partial charge is 0.337 e. The highest BCUT2D eigenvalue weighted by Crippen LogP contribution is 2.30. The standard InChI is InChI=1S/C15H16N2O3/c1-17(11-4-3-5-12(9-11)20-2)14-8-10(16)6-7-13(14)15(18)19/h3-9H,16H2,1-2H3,(H,18,19). The number of nitrogens with two attached hydrogens (primary N) is 1. The van der Waals surface area contributed by atoms with Gasteiger partial charge >= 0.3 is 5.97 Å². The first kappa shape index (κ1) is 13.7. The number of nitrogens with zero attached hydrogens (tertiary/aromatic N) is 1. The van der Waals surface area contributed by atoms with Gasteiger partial charge in [-0.05, 0) is 30.3 Å². The molecule has 2 aromatic rings. The van der Waals surface area contributed by atoms with E-state index in [0.29, 0.717) is 17.1 Å². The minimum atomic E-state index is -0.991. The molecular formula is C15H16N2O3. The zero-order valence-corrected chi connectivity index (χ0v) is 11.3. The summed E-state index contributed by atoms with van der Waals surface area (Å²) in [4.78, 5) is 13.1. The van der Waals surface area contributed by atoms with E-state index < -0.39 is 5.97 Å². The monoisotopic (exact) mass is 272 g/mol. The van der Waals surface area contributed by atoms with Crippen molar-refractivity contribution in [3.63, 3.8) is 0 Å². The average molecular weight is 272 g/mol. The van der Waals surface area contributed by atoms with Gasteiger partial charge in [-0.3, -0.25) is 0 Å². The molecule has 3 N–H and O–H groups in total. The van der Waals surface area contributed by atoms with Crippen molar-refractivity contribution in [1.82, 2.24) is 0 Å². The van der Waals surface area contributed by atoms with Crippen LogP contribution < -0.4 is 15.4 Å². The van der Waals surface area contributed by atoms with Crippen molar-refractivity contribution in [2.75, 3.05) is 24.8 Å². The van der Waals surface area contributed by atoms with E-state index in [0.717, 1.165) is 5.69 Å². The van der Waals surface area contributed by atoms with E-state index in [4.69, 9.17) is 10.5 Å². The summed E-state index contributed by atoms with van der Waals surface area (Å²) in [6, 6.07) is 12.1. The van der Waals surface area contributed by atoms with Crippen LogP contribution in [0.25, 0.3) is 0 Å². The number of aromatic carboxylic acids is 1. The van der Waals surface area contributed by atoms with E-state index in [9.17, 15) is 9.90 Å². The van der Waals surface area contributed by atoms with E-state index >= 15 is 0 Å². The molecule has 5 heteroatoms. The molecule has 0 atom stereocenters. The molecule has 0 aliphatic carbocycles. The summed E-state index contributed by atoms with van der Waals surface area (Å²) in [5, 5.41) is 9.26. The molecule has 5 nitrogen and oxygen atoms in total. The van der Waals surface area contributed by atoms with Crippen molar-refractivity contribution >= 4 is 23.0 Å². The zero-order chi connectivity index (χ0) is 14.7. The first-order valence-corrected chi connectivity index (χ1v) is 6.03. The summed E-state index contributed by atoms with van der Waals surface area (Å²) in [5.41, 5.74) is 7.82. The minimum Gasteiger partial charge on any atom is -0.497 e. The molecule has 0 radical (unpaired) electrons. The van der Waals surface area contributed by atoms with Crippen LogP contribution >= 0.6 is 0 Å². The lowest BCUT2D eigenvalue weighted by Gasteiger charge is -2.22. The van der Waals surface area contributed by atoms with Crippen LogP contribution in [-0.2, 0) is 0 Å². The Morgan fingerprint density at radius 1 is 1.25 bits per heavy atom. The lowest BCUT2D eigenvalue weighted by molar-refractivity contribution is 0.0697. The van der Waals surface area contributed by atoms with Gasteiger partial charge in [0.05, 0.1) is 18.4 Å². The van der Waals surface area contributed by atoms with Gasteiger partial charge in [-0.15, -0.1) is 0 Å². The van der Waals surface area contributed by atoms with Gasteiger partial charge in [0.15, 0.2) is 0 Å². The van der Waals surface area contributed by atoms with Crippen LogP contribution in [0.3, 0.4) is 0 Å². The van der Waals surface area contributed by atoms with Crippen molar-refractivity contribution in [2.45, 2.75) is 0 Å². The molecule has 2 rings (SSSR count). The average Bonchev–Trinajstić information content (AvgIpc) is 2.46. The Morgan fingerprint density at radius 2 is 2.00 bits per heavy atom. The quantitative estimate of drug-likeness (QED) is 0.837. The van der Waals surface area contributed by atoms with Crippen molar-refractivity contribution in [1.29, 1.82) is 0 Å². The maximum atomic E-state index is 11.3. The highest BCUT2D eigenvalue weighted by molar-refractivity contribution is 5.96. The molecule has 0 aliphatic heterocycles. The van der Waals surface area contributed by atoms with Crippen LogP contribution in [0.4, 0.5) is 17.1 Å². The van der Waals surface area contributed by atoms with Crippen molar-refractivity contribution in [2.24, 2.45) is 0 Å². The Labute approximate surface area is 117 Å².